The highest BCUT2D eigenvalue weighted by Crippen LogP contribution is 2.35. The third kappa shape index (κ3) is 2.85. The van der Waals surface area contributed by atoms with Crippen molar-refractivity contribution in [2.45, 2.75) is 43.0 Å². The maximum absolute atomic E-state index is 12.3. The minimum Gasteiger partial charge on any atom is -0.356 e. The second kappa shape index (κ2) is 5.97. The summed E-state index contributed by atoms with van der Waals surface area (Å²) in [5.41, 5.74) is 0.797. The molecule has 8 nitrogen and oxygen atoms in total. The highest BCUT2D eigenvalue weighted by molar-refractivity contribution is 7.90. The summed E-state index contributed by atoms with van der Waals surface area (Å²) < 4.78 is 27.4. The Morgan fingerprint density at radius 2 is 2.08 bits per heavy atom. The highest BCUT2D eigenvalue weighted by Gasteiger charge is 2.42. The molecular weight excluding hydrogens is 340 g/mol. The fourth-order valence-electron chi connectivity index (χ4n) is 3.57. The zero-order valence-electron chi connectivity index (χ0n) is 13.9. The summed E-state index contributed by atoms with van der Waals surface area (Å²) in [6, 6.07) is 4.28. The third-order valence-corrected chi connectivity index (χ3v) is 7.30. The normalized spacial score (nSPS) is 28.8. The predicted octanol–water partition coefficient (Wildman–Crippen LogP) is 1.15. The molecule has 2 aliphatic rings. The van der Waals surface area contributed by atoms with E-state index in [9.17, 15) is 8.42 Å². The summed E-state index contributed by atoms with van der Waals surface area (Å²) in [7, 11) is -1.34. The number of rotatable bonds is 5. The van der Waals surface area contributed by atoms with Crippen LogP contribution in [0.1, 0.15) is 25.7 Å². The van der Waals surface area contributed by atoms with Crippen LogP contribution >= 0.6 is 0 Å². The average Bonchev–Trinajstić information content (AvgIpc) is 2.97. The fraction of sp³-hybridized carbons (Fsp3) is 0.562. The molecule has 2 aromatic heterocycles. The topological polar surface area (TPSA) is 115 Å². The number of aromatic amines is 1. The van der Waals surface area contributed by atoms with Gasteiger partial charge < -0.3 is 9.88 Å². The van der Waals surface area contributed by atoms with Gasteiger partial charge in [0.1, 0.15) is 17.8 Å². The molecule has 0 bridgehead atoms. The Bertz CT molecular complexity index is 921. The molecule has 0 aliphatic heterocycles. The lowest BCUT2D eigenvalue weighted by molar-refractivity contribution is 0.309. The standard InChI is InChI=1S/C16H20N6O2S/c1-22(16-14-2-3-18-15(14)19-9-20-16)12-6-11(7-12)21-25(23,24)13-4-10(5-13)8-17/h2-3,9-13,21H,4-7H2,1H3,(H,18,19,20). The molecule has 9 heteroatoms. The SMILES string of the molecule is CN(c1ncnc2[nH]ccc12)C1CC(NS(=O)(=O)C2CC(C#N)C2)C1. The molecule has 4 rings (SSSR count). The van der Waals surface area contributed by atoms with E-state index in [0.717, 1.165) is 29.7 Å². The molecule has 0 unspecified atom stereocenters. The van der Waals surface area contributed by atoms with E-state index < -0.39 is 15.3 Å². The molecular formula is C16H20N6O2S. The minimum atomic E-state index is -3.32. The van der Waals surface area contributed by atoms with Crippen LogP contribution < -0.4 is 9.62 Å². The monoisotopic (exact) mass is 360 g/mol. The number of anilines is 1. The number of nitrogens with zero attached hydrogens (tertiary/aromatic N) is 4. The first-order valence-electron chi connectivity index (χ1n) is 8.39. The molecule has 0 aromatic carbocycles. The Kier molecular flexibility index (Phi) is 3.89. The first-order chi connectivity index (χ1) is 12.0. The van der Waals surface area contributed by atoms with Gasteiger partial charge in [-0.1, -0.05) is 0 Å². The van der Waals surface area contributed by atoms with E-state index in [0.29, 0.717) is 12.8 Å². The third-order valence-electron chi connectivity index (χ3n) is 5.38. The molecule has 0 spiro atoms. The average molecular weight is 360 g/mol. The number of hydrogen-bond donors (Lipinski definition) is 2. The van der Waals surface area contributed by atoms with Gasteiger partial charge in [0.25, 0.3) is 0 Å². The van der Waals surface area contributed by atoms with Crippen LogP contribution in [0.25, 0.3) is 11.0 Å². The molecule has 2 fully saturated rings. The molecule has 0 atom stereocenters. The minimum absolute atomic E-state index is 0.0397. The van der Waals surface area contributed by atoms with Crippen LogP contribution in [-0.2, 0) is 10.0 Å². The van der Waals surface area contributed by atoms with Gasteiger partial charge in [0.2, 0.25) is 10.0 Å². The van der Waals surface area contributed by atoms with Gasteiger partial charge in [-0.25, -0.2) is 23.1 Å². The molecule has 0 amide bonds. The van der Waals surface area contributed by atoms with Gasteiger partial charge in [-0.05, 0) is 31.7 Å². The molecule has 2 heterocycles. The number of nitriles is 1. The van der Waals surface area contributed by atoms with Crippen molar-refractivity contribution in [3.8, 4) is 6.07 Å². The second-order valence-corrected chi connectivity index (χ2v) is 8.94. The van der Waals surface area contributed by atoms with Gasteiger partial charge in [-0.15, -0.1) is 0 Å². The number of hydrogen-bond acceptors (Lipinski definition) is 6. The summed E-state index contributed by atoms with van der Waals surface area (Å²) in [4.78, 5) is 13.7. The maximum atomic E-state index is 12.3. The first kappa shape index (κ1) is 16.3. The molecule has 132 valence electrons. The largest absolute Gasteiger partial charge is 0.356 e. The second-order valence-electron chi connectivity index (χ2n) is 6.95. The zero-order chi connectivity index (χ0) is 17.6. The summed E-state index contributed by atoms with van der Waals surface area (Å²) >= 11 is 0. The van der Waals surface area contributed by atoms with Crippen molar-refractivity contribution in [1.29, 1.82) is 5.26 Å². The summed E-state index contributed by atoms with van der Waals surface area (Å²) in [5, 5.41) is 9.35. The molecule has 0 radical (unpaired) electrons. The van der Waals surface area contributed by atoms with Crippen molar-refractivity contribution in [3.63, 3.8) is 0 Å². The predicted molar refractivity (Wildman–Crippen MR) is 93.3 cm³/mol. The van der Waals surface area contributed by atoms with Gasteiger partial charge in [-0.2, -0.15) is 5.26 Å². The van der Waals surface area contributed by atoms with Crippen LogP contribution in [0.3, 0.4) is 0 Å². The van der Waals surface area contributed by atoms with Crippen LogP contribution in [-0.4, -0.2) is 47.8 Å². The van der Waals surface area contributed by atoms with E-state index in [1.54, 1.807) is 0 Å². The number of nitrogens with one attached hydrogen (secondary N) is 2. The van der Waals surface area contributed by atoms with E-state index in [2.05, 4.69) is 30.6 Å². The van der Waals surface area contributed by atoms with Gasteiger partial charge in [-0.3, -0.25) is 0 Å². The quantitative estimate of drug-likeness (QED) is 0.826. The summed E-state index contributed by atoms with van der Waals surface area (Å²) in [6.07, 6.45) is 5.77. The summed E-state index contributed by atoms with van der Waals surface area (Å²) in [5.74, 6) is 0.747. The van der Waals surface area contributed by atoms with Gasteiger partial charge in [0, 0.05) is 31.2 Å². The van der Waals surface area contributed by atoms with Crippen LogP contribution in [0.15, 0.2) is 18.6 Å². The number of aromatic nitrogens is 3. The van der Waals surface area contributed by atoms with Gasteiger partial charge >= 0.3 is 0 Å². The van der Waals surface area contributed by atoms with E-state index in [1.165, 1.54) is 6.33 Å². The maximum Gasteiger partial charge on any atom is 0.214 e. The number of H-pyrrole nitrogens is 1. The Hall–Kier alpha value is -2.18. The van der Waals surface area contributed by atoms with Crippen LogP contribution in [0.2, 0.25) is 0 Å². The molecule has 25 heavy (non-hydrogen) atoms. The first-order valence-corrected chi connectivity index (χ1v) is 9.94. The van der Waals surface area contributed by atoms with E-state index >= 15 is 0 Å². The lowest BCUT2D eigenvalue weighted by atomic mass is 9.86. The number of fused-ring (bicyclic) bond motifs is 1. The van der Waals surface area contributed by atoms with Crippen molar-refractivity contribution in [3.05, 3.63) is 18.6 Å². The Morgan fingerprint density at radius 3 is 2.80 bits per heavy atom. The van der Waals surface area contributed by atoms with Crippen molar-refractivity contribution >= 4 is 26.9 Å². The lowest BCUT2D eigenvalue weighted by Gasteiger charge is -2.43. The number of sulfonamides is 1. The van der Waals surface area contributed by atoms with Crippen molar-refractivity contribution < 1.29 is 8.42 Å². The summed E-state index contributed by atoms with van der Waals surface area (Å²) in [6.45, 7) is 0. The Labute approximate surface area is 146 Å². The van der Waals surface area contributed by atoms with Crippen LogP contribution in [0, 0.1) is 17.2 Å². The van der Waals surface area contributed by atoms with Crippen LogP contribution in [0.4, 0.5) is 5.82 Å². The molecule has 2 N–H and O–H groups in total. The van der Waals surface area contributed by atoms with Crippen molar-refractivity contribution in [1.82, 2.24) is 19.7 Å². The zero-order valence-corrected chi connectivity index (χ0v) is 14.7. The van der Waals surface area contributed by atoms with E-state index in [4.69, 9.17) is 5.26 Å². The van der Waals surface area contributed by atoms with Crippen molar-refractivity contribution in [2.24, 2.45) is 5.92 Å². The van der Waals surface area contributed by atoms with Crippen molar-refractivity contribution in [2.75, 3.05) is 11.9 Å². The molecule has 2 aromatic rings. The smallest absolute Gasteiger partial charge is 0.214 e. The lowest BCUT2D eigenvalue weighted by Crippen LogP contribution is -2.55. The molecule has 0 saturated heterocycles. The van der Waals surface area contributed by atoms with E-state index in [1.807, 2.05) is 19.3 Å². The molecule has 2 aliphatic carbocycles. The highest BCUT2D eigenvalue weighted by atomic mass is 32.2. The van der Waals surface area contributed by atoms with Gasteiger partial charge in [0.15, 0.2) is 0 Å². The van der Waals surface area contributed by atoms with E-state index in [-0.39, 0.29) is 18.0 Å². The Morgan fingerprint density at radius 1 is 1.32 bits per heavy atom. The Balaban J connectivity index is 1.36. The van der Waals surface area contributed by atoms with Gasteiger partial charge in [0.05, 0.1) is 16.7 Å². The molecule has 2 saturated carbocycles. The fourth-order valence-corrected chi connectivity index (χ4v) is 5.39. The van der Waals surface area contributed by atoms with Crippen LogP contribution in [0.5, 0.6) is 0 Å².